The number of nitrogens with zero attached hydrogens (tertiary/aromatic N) is 1. The van der Waals surface area contributed by atoms with E-state index in [1.165, 1.54) is 18.2 Å². The normalized spacial score (nSPS) is 14.9. The number of hydrogen-bond acceptors (Lipinski definition) is 3. The Morgan fingerprint density at radius 3 is 2.30 bits per heavy atom. The molecule has 0 heterocycles. The van der Waals surface area contributed by atoms with Crippen LogP contribution in [0.15, 0.2) is 41.4 Å². The third-order valence-corrected chi connectivity index (χ3v) is 4.55. The molecule has 27 heavy (non-hydrogen) atoms. The molecule has 3 N–H and O–H groups in total. The fourth-order valence-electron chi connectivity index (χ4n) is 2.98. The van der Waals surface area contributed by atoms with Crippen molar-refractivity contribution in [3.05, 3.63) is 53.6 Å². The number of guanidine groups is 1. The van der Waals surface area contributed by atoms with Crippen LogP contribution >= 0.6 is 24.0 Å². The minimum atomic E-state index is -0.612. The summed E-state index contributed by atoms with van der Waals surface area (Å²) in [6.07, 6.45) is 1.36. The average Bonchev–Trinajstić information content (AvgIpc) is 3.40. The minimum Gasteiger partial charge on any atom is -0.493 e. The maximum Gasteiger partial charge on any atom is 0.193 e. The molecule has 1 aliphatic carbocycles. The van der Waals surface area contributed by atoms with Crippen LogP contribution in [0.2, 0.25) is 0 Å². The fourth-order valence-corrected chi connectivity index (χ4v) is 2.98. The number of methoxy groups -OCH3 is 2. The van der Waals surface area contributed by atoms with Crippen molar-refractivity contribution in [2.45, 2.75) is 18.3 Å². The number of rotatable bonds is 6. The summed E-state index contributed by atoms with van der Waals surface area (Å²) in [4.78, 5) is 4.29. The highest BCUT2D eigenvalue weighted by Gasteiger charge is 2.47. The van der Waals surface area contributed by atoms with Crippen LogP contribution < -0.4 is 20.5 Å². The Kier molecular flexibility index (Phi) is 6.85. The fraction of sp³-hybridized carbons (Fsp3) is 0.316. The number of benzene rings is 2. The molecule has 0 aliphatic heterocycles. The number of nitrogens with one attached hydrogen (secondary N) is 1. The number of ether oxygens (including phenoxy) is 2. The van der Waals surface area contributed by atoms with E-state index >= 15 is 0 Å². The highest BCUT2D eigenvalue weighted by Crippen LogP contribution is 2.50. The molecule has 0 amide bonds. The monoisotopic (exact) mass is 489 g/mol. The SMILES string of the molecule is COc1ccc(NC(N)=NCC2(c3c(F)cccc3F)CC2)cc1OC.I. The van der Waals surface area contributed by atoms with Gasteiger partial charge in [-0.25, -0.2) is 8.78 Å². The van der Waals surface area contributed by atoms with E-state index in [2.05, 4.69) is 10.3 Å². The van der Waals surface area contributed by atoms with Gasteiger partial charge in [0, 0.05) is 22.7 Å². The molecule has 146 valence electrons. The van der Waals surface area contributed by atoms with Gasteiger partial charge >= 0.3 is 0 Å². The van der Waals surface area contributed by atoms with Gasteiger partial charge in [-0.05, 0) is 37.1 Å². The zero-order chi connectivity index (χ0) is 18.7. The quantitative estimate of drug-likeness (QED) is 0.365. The molecule has 0 atom stereocenters. The first kappa shape index (κ1) is 21.2. The minimum absolute atomic E-state index is 0. The molecular weight excluding hydrogens is 467 g/mol. The molecule has 2 aromatic rings. The van der Waals surface area contributed by atoms with Crippen LogP contribution in [0.5, 0.6) is 11.5 Å². The molecule has 1 fully saturated rings. The lowest BCUT2D eigenvalue weighted by atomic mass is 9.95. The van der Waals surface area contributed by atoms with Gasteiger partial charge in [-0.15, -0.1) is 24.0 Å². The second-order valence-corrected chi connectivity index (χ2v) is 6.27. The van der Waals surface area contributed by atoms with E-state index in [-0.39, 0.29) is 42.0 Å². The van der Waals surface area contributed by atoms with Gasteiger partial charge in [-0.2, -0.15) is 0 Å². The summed E-state index contributed by atoms with van der Waals surface area (Å²) in [5.41, 5.74) is 6.10. The van der Waals surface area contributed by atoms with Crippen LogP contribution in [0.3, 0.4) is 0 Å². The summed E-state index contributed by atoms with van der Waals surface area (Å²) >= 11 is 0. The molecule has 0 radical (unpaired) electrons. The molecule has 0 aromatic heterocycles. The largest absolute Gasteiger partial charge is 0.493 e. The van der Waals surface area contributed by atoms with E-state index in [0.717, 1.165) is 0 Å². The number of aliphatic imine (C=N–C) groups is 1. The Bertz CT molecular complexity index is 821. The third kappa shape index (κ3) is 4.60. The van der Waals surface area contributed by atoms with Crippen molar-refractivity contribution in [2.75, 3.05) is 26.1 Å². The number of halogens is 3. The van der Waals surface area contributed by atoms with Crippen molar-refractivity contribution >= 4 is 35.6 Å². The van der Waals surface area contributed by atoms with E-state index in [0.29, 0.717) is 30.0 Å². The lowest BCUT2D eigenvalue weighted by molar-refractivity contribution is 0.355. The van der Waals surface area contributed by atoms with E-state index in [9.17, 15) is 8.78 Å². The summed E-state index contributed by atoms with van der Waals surface area (Å²) < 4.78 is 38.5. The smallest absolute Gasteiger partial charge is 0.193 e. The molecule has 0 unspecified atom stereocenters. The van der Waals surface area contributed by atoms with Crippen LogP contribution in [0.4, 0.5) is 14.5 Å². The second-order valence-electron chi connectivity index (χ2n) is 6.27. The topological polar surface area (TPSA) is 68.9 Å². The third-order valence-electron chi connectivity index (χ3n) is 4.55. The van der Waals surface area contributed by atoms with Gasteiger partial charge in [0.1, 0.15) is 11.6 Å². The number of hydrogen-bond donors (Lipinski definition) is 2. The Hall–Kier alpha value is -2.10. The first-order valence-electron chi connectivity index (χ1n) is 8.22. The summed E-state index contributed by atoms with van der Waals surface area (Å²) in [5.74, 6) is 0.242. The first-order chi connectivity index (χ1) is 12.5. The highest BCUT2D eigenvalue weighted by molar-refractivity contribution is 14.0. The predicted octanol–water partition coefficient (Wildman–Crippen LogP) is 4.06. The Morgan fingerprint density at radius 2 is 1.74 bits per heavy atom. The van der Waals surface area contributed by atoms with Crippen LogP contribution in [0.1, 0.15) is 18.4 Å². The Balaban J connectivity index is 0.00000261. The molecule has 0 bridgehead atoms. The van der Waals surface area contributed by atoms with Crippen molar-refractivity contribution in [3.8, 4) is 11.5 Å². The molecule has 8 heteroatoms. The van der Waals surface area contributed by atoms with Crippen molar-refractivity contribution in [2.24, 2.45) is 10.7 Å². The van der Waals surface area contributed by atoms with Crippen molar-refractivity contribution in [3.63, 3.8) is 0 Å². The van der Waals surface area contributed by atoms with Crippen molar-refractivity contribution in [1.82, 2.24) is 0 Å². The number of nitrogens with two attached hydrogens (primary N) is 1. The zero-order valence-corrected chi connectivity index (χ0v) is 17.4. The van der Waals surface area contributed by atoms with Gasteiger partial charge < -0.3 is 20.5 Å². The standard InChI is InChI=1S/C19H21F2N3O2.HI/c1-25-15-7-6-12(10-16(15)26-2)24-18(22)23-11-19(8-9-19)17-13(20)4-3-5-14(17)21;/h3-7,10H,8-9,11H2,1-2H3,(H3,22,23,24);1H. The van der Waals surface area contributed by atoms with E-state index in [4.69, 9.17) is 15.2 Å². The van der Waals surface area contributed by atoms with Crippen LogP contribution in [-0.4, -0.2) is 26.7 Å². The lowest BCUT2D eigenvalue weighted by Crippen LogP contribution is -2.25. The Morgan fingerprint density at radius 1 is 1.11 bits per heavy atom. The maximum atomic E-state index is 14.1. The molecular formula is C19H22F2IN3O2. The molecule has 5 nitrogen and oxygen atoms in total. The summed E-state index contributed by atoms with van der Waals surface area (Å²) in [6.45, 7) is 0.219. The second kappa shape index (κ2) is 8.73. The lowest BCUT2D eigenvalue weighted by Gasteiger charge is -2.16. The number of anilines is 1. The summed E-state index contributed by atoms with van der Waals surface area (Å²) in [5, 5.41) is 2.95. The van der Waals surface area contributed by atoms with Crippen molar-refractivity contribution in [1.29, 1.82) is 0 Å². The average molecular weight is 489 g/mol. The Labute approximate surface area is 174 Å². The van der Waals surface area contributed by atoms with E-state index in [1.54, 1.807) is 32.4 Å². The summed E-state index contributed by atoms with van der Waals surface area (Å²) in [6, 6.07) is 9.14. The zero-order valence-electron chi connectivity index (χ0n) is 15.1. The predicted molar refractivity (Wildman–Crippen MR) is 112 cm³/mol. The molecule has 3 rings (SSSR count). The van der Waals surface area contributed by atoms with Gasteiger partial charge in [0.05, 0.1) is 20.8 Å². The van der Waals surface area contributed by atoms with Gasteiger partial charge in [0.25, 0.3) is 0 Å². The van der Waals surface area contributed by atoms with Gasteiger partial charge in [-0.1, -0.05) is 6.07 Å². The molecule has 0 spiro atoms. The molecule has 1 aliphatic rings. The van der Waals surface area contributed by atoms with Gasteiger partial charge in [0.15, 0.2) is 17.5 Å². The van der Waals surface area contributed by atoms with E-state index < -0.39 is 17.0 Å². The van der Waals surface area contributed by atoms with Crippen LogP contribution in [-0.2, 0) is 5.41 Å². The van der Waals surface area contributed by atoms with Crippen LogP contribution in [0.25, 0.3) is 0 Å². The van der Waals surface area contributed by atoms with Crippen LogP contribution in [0, 0.1) is 11.6 Å². The van der Waals surface area contributed by atoms with Crippen molar-refractivity contribution < 1.29 is 18.3 Å². The highest BCUT2D eigenvalue weighted by atomic mass is 127. The van der Waals surface area contributed by atoms with E-state index in [1.807, 2.05) is 0 Å². The summed E-state index contributed by atoms with van der Waals surface area (Å²) in [7, 11) is 3.09. The molecule has 1 saturated carbocycles. The van der Waals surface area contributed by atoms with Gasteiger partial charge in [-0.3, -0.25) is 4.99 Å². The molecule has 2 aromatic carbocycles. The first-order valence-corrected chi connectivity index (χ1v) is 8.22. The molecule has 0 saturated heterocycles. The van der Waals surface area contributed by atoms with Gasteiger partial charge in [0.2, 0.25) is 0 Å². The maximum absolute atomic E-state index is 14.1.